The number of carbonyl (C=O) groups is 3. The molecule has 0 spiro atoms. The predicted octanol–water partition coefficient (Wildman–Crippen LogP) is 2.95. The zero-order valence-corrected chi connectivity index (χ0v) is 21.9. The van der Waals surface area contributed by atoms with Gasteiger partial charge in [0.15, 0.2) is 18.1 Å². The number of nitrogens with zero attached hydrogens (tertiary/aromatic N) is 1. The van der Waals surface area contributed by atoms with Crippen LogP contribution in [0.25, 0.3) is 0 Å². The molecule has 3 rings (SSSR count). The molecule has 2 aromatic carbocycles. The minimum atomic E-state index is -1.10. The first-order valence-electron chi connectivity index (χ1n) is 12.0. The van der Waals surface area contributed by atoms with E-state index in [1.807, 2.05) is 60.7 Å². The Morgan fingerprint density at radius 1 is 0.946 bits per heavy atom. The molecule has 0 bridgehead atoms. The number of methoxy groups -OCH3 is 2. The van der Waals surface area contributed by atoms with Gasteiger partial charge in [0.1, 0.15) is 18.9 Å². The van der Waals surface area contributed by atoms with Gasteiger partial charge < -0.3 is 24.3 Å². The smallest absolute Gasteiger partial charge is 0.355 e. The van der Waals surface area contributed by atoms with Gasteiger partial charge >= 0.3 is 5.97 Å². The van der Waals surface area contributed by atoms with Crippen LogP contribution in [0.4, 0.5) is 0 Å². The van der Waals surface area contributed by atoms with Gasteiger partial charge in [0, 0.05) is 14.2 Å². The molecule has 1 saturated heterocycles. The lowest BCUT2D eigenvalue weighted by atomic mass is 10.0. The maximum absolute atomic E-state index is 13.3. The van der Waals surface area contributed by atoms with Crippen molar-refractivity contribution < 1.29 is 33.3 Å². The summed E-state index contributed by atoms with van der Waals surface area (Å²) < 4.78 is 22.2. The van der Waals surface area contributed by atoms with Crippen LogP contribution in [-0.4, -0.2) is 61.6 Å². The second kappa shape index (κ2) is 12.6. The zero-order valence-electron chi connectivity index (χ0n) is 21.9. The Morgan fingerprint density at radius 2 is 1.51 bits per heavy atom. The molecule has 0 aromatic heterocycles. The van der Waals surface area contributed by atoms with Crippen LogP contribution in [0.5, 0.6) is 0 Å². The molecule has 2 atom stereocenters. The number of hydrogen-bond donors (Lipinski definition) is 1. The molecule has 37 heavy (non-hydrogen) atoms. The van der Waals surface area contributed by atoms with E-state index in [4.69, 9.17) is 18.9 Å². The molecule has 2 amide bonds. The molecule has 0 radical (unpaired) electrons. The summed E-state index contributed by atoms with van der Waals surface area (Å²) in [6.07, 6.45) is -0.870. The number of β-lactam (4-membered cyclic amide) rings is 1. The average Bonchev–Trinajstić information content (AvgIpc) is 2.91. The van der Waals surface area contributed by atoms with Gasteiger partial charge in [-0.2, -0.15) is 0 Å². The molecule has 1 aliphatic heterocycles. The molecule has 198 valence electrons. The lowest BCUT2D eigenvalue weighted by Crippen LogP contribution is -2.72. The number of esters is 1. The molecular weight excluding hydrogens is 476 g/mol. The van der Waals surface area contributed by atoms with Crippen molar-refractivity contribution in [1.29, 1.82) is 0 Å². The number of benzene rings is 2. The highest BCUT2D eigenvalue weighted by molar-refractivity contribution is 6.01. The first-order valence-corrected chi connectivity index (χ1v) is 12.0. The van der Waals surface area contributed by atoms with E-state index in [-0.39, 0.29) is 31.2 Å². The monoisotopic (exact) mass is 510 g/mol. The quantitative estimate of drug-likeness (QED) is 0.203. The Bertz CT molecular complexity index is 1110. The molecule has 1 heterocycles. The number of nitrogens with one attached hydrogen (secondary N) is 1. The number of ether oxygens (including phenoxy) is 4. The minimum Gasteiger partial charge on any atom is -0.456 e. The third kappa shape index (κ3) is 7.03. The lowest BCUT2D eigenvalue weighted by Gasteiger charge is -2.47. The van der Waals surface area contributed by atoms with Crippen LogP contribution in [0.1, 0.15) is 31.9 Å². The fourth-order valence-electron chi connectivity index (χ4n) is 3.78. The number of rotatable bonds is 12. The summed E-state index contributed by atoms with van der Waals surface area (Å²) in [4.78, 5) is 40.3. The van der Waals surface area contributed by atoms with Crippen molar-refractivity contribution in [2.24, 2.45) is 0 Å². The van der Waals surface area contributed by atoms with Crippen LogP contribution in [0.3, 0.4) is 0 Å². The summed E-state index contributed by atoms with van der Waals surface area (Å²) in [7, 11) is 2.94. The third-order valence-electron chi connectivity index (χ3n) is 6.07. The second-order valence-corrected chi connectivity index (χ2v) is 9.07. The second-order valence-electron chi connectivity index (χ2n) is 9.07. The van der Waals surface area contributed by atoms with Crippen LogP contribution >= 0.6 is 0 Å². The molecule has 0 aliphatic carbocycles. The molecule has 2 unspecified atom stereocenters. The topological polar surface area (TPSA) is 103 Å². The summed E-state index contributed by atoms with van der Waals surface area (Å²) in [6, 6.07) is 17.4. The predicted molar refractivity (Wildman–Crippen MR) is 136 cm³/mol. The average molecular weight is 511 g/mol. The van der Waals surface area contributed by atoms with Crippen LogP contribution in [-0.2, 0) is 46.4 Å². The Balaban J connectivity index is 1.78. The standard InChI is InChI=1S/C28H34N2O7/c1-19(2)24(27(33)36-17-21-14-10-7-11-15-21)30-25(32)23(26(30)37-18-28(3,34-4)35-5)29-22(31)16-20-12-8-6-9-13-20/h6-15,23,26H,16-18H2,1-5H3,(H,29,31). The number of hydrogen-bond acceptors (Lipinski definition) is 7. The number of allylic oxidation sites excluding steroid dienone is 1. The van der Waals surface area contributed by atoms with Crippen molar-refractivity contribution in [3.05, 3.63) is 83.1 Å². The number of likely N-dealkylation sites (tertiary alicyclic amines) is 1. The van der Waals surface area contributed by atoms with Crippen molar-refractivity contribution in [2.45, 2.75) is 51.9 Å². The van der Waals surface area contributed by atoms with Gasteiger partial charge in [0.25, 0.3) is 5.91 Å². The van der Waals surface area contributed by atoms with E-state index < -0.39 is 29.9 Å². The first kappa shape index (κ1) is 28.0. The summed E-state index contributed by atoms with van der Waals surface area (Å²) >= 11 is 0. The summed E-state index contributed by atoms with van der Waals surface area (Å²) in [6.45, 7) is 5.08. The Kier molecular flexibility index (Phi) is 9.57. The third-order valence-corrected chi connectivity index (χ3v) is 6.07. The lowest BCUT2D eigenvalue weighted by molar-refractivity contribution is -0.249. The summed E-state index contributed by atoms with van der Waals surface area (Å²) in [5.74, 6) is -2.58. The Morgan fingerprint density at radius 3 is 2.05 bits per heavy atom. The van der Waals surface area contributed by atoms with Gasteiger partial charge in [-0.1, -0.05) is 60.7 Å². The van der Waals surface area contributed by atoms with Crippen LogP contribution < -0.4 is 5.32 Å². The Hall–Kier alpha value is -3.53. The van der Waals surface area contributed by atoms with Crippen molar-refractivity contribution in [3.8, 4) is 0 Å². The molecule has 1 fully saturated rings. The first-order chi connectivity index (χ1) is 17.7. The van der Waals surface area contributed by atoms with E-state index in [2.05, 4.69) is 5.32 Å². The van der Waals surface area contributed by atoms with Gasteiger partial charge in [0.2, 0.25) is 5.91 Å². The van der Waals surface area contributed by atoms with Gasteiger partial charge in [-0.15, -0.1) is 0 Å². The number of carbonyl (C=O) groups excluding carboxylic acids is 3. The van der Waals surface area contributed by atoms with E-state index in [1.165, 1.54) is 19.1 Å². The molecule has 2 aromatic rings. The normalized spacial score (nSPS) is 17.1. The van der Waals surface area contributed by atoms with E-state index in [0.717, 1.165) is 11.1 Å². The largest absolute Gasteiger partial charge is 0.456 e. The van der Waals surface area contributed by atoms with Crippen molar-refractivity contribution in [3.63, 3.8) is 0 Å². The van der Waals surface area contributed by atoms with Crippen LogP contribution in [0.15, 0.2) is 71.9 Å². The highest BCUT2D eigenvalue weighted by Gasteiger charge is 2.53. The fourth-order valence-corrected chi connectivity index (χ4v) is 3.78. The molecule has 9 heteroatoms. The van der Waals surface area contributed by atoms with Gasteiger partial charge in [-0.05, 0) is 37.5 Å². The Labute approximate surface area is 217 Å². The van der Waals surface area contributed by atoms with E-state index >= 15 is 0 Å². The maximum Gasteiger partial charge on any atom is 0.355 e. The molecule has 0 saturated carbocycles. The fraction of sp³-hybridized carbons (Fsp3) is 0.393. The van der Waals surface area contributed by atoms with Crippen molar-refractivity contribution in [2.75, 3.05) is 20.8 Å². The summed E-state index contributed by atoms with van der Waals surface area (Å²) in [5.41, 5.74) is 2.25. The van der Waals surface area contributed by atoms with E-state index in [9.17, 15) is 14.4 Å². The zero-order chi connectivity index (χ0) is 27.0. The highest BCUT2D eigenvalue weighted by atomic mass is 16.7. The van der Waals surface area contributed by atoms with Crippen molar-refractivity contribution >= 4 is 17.8 Å². The molecule has 1 aliphatic rings. The SMILES string of the molecule is COC(C)(COC1C(NC(=O)Cc2ccccc2)C(=O)N1C(C(=O)OCc1ccccc1)=C(C)C)OC. The molecular formula is C28H34N2O7. The highest BCUT2D eigenvalue weighted by Crippen LogP contribution is 2.30. The minimum absolute atomic E-state index is 0.0483. The molecule has 9 nitrogen and oxygen atoms in total. The summed E-state index contributed by atoms with van der Waals surface area (Å²) in [5, 5.41) is 2.75. The molecule has 1 N–H and O–H groups in total. The van der Waals surface area contributed by atoms with Gasteiger partial charge in [0.05, 0.1) is 6.42 Å². The number of amides is 2. The van der Waals surface area contributed by atoms with Crippen LogP contribution in [0.2, 0.25) is 0 Å². The van der Waals surface area contributed by atoms with Gasteiger partial charge in [-0.25, -0.2) is 4.79 Å². The van der Waals surface area contributed by atoms with E-state index in [1.54, 1.807) is 20.8 Å². The van der Waals surface area contributed by atoms with Crippen molar-refractivity contribution in [1.82, 2.24) is 10.2 Å². The van der Waals surface area contributed by atoms with Gasteiger partial charge in [-0.3, -0.25) is 14.5 Å². The van der Waals surface area contributed by atoms with E-state index in [0.29, 0.717) is 5.57 Å². The van der Waals surface area contributed by atoms with Crippen LogP contribution in [0, 0.1) is 0 Å². The maximum atomic E-state index is 13.3.